The summed E-state index contributed by atoms with van der Waals surface area (Å²) >= 11 is 1.32. The number of hydrogen-bond donors (Lipinski definition) is 1. The van der Waals surface area contributed by atoms with Crippen molar-refractivity contribution in [3.63, 3.8) is 0 Å². The van der Waals surface area contributed by atoms with E-state index in [1.807, 2.05) is 13.8 Å². The van der Waals surface area contributed by atoms with Crippen molar-refractivity contribution in [2.24, 2.45) is 0 Å². The molecule has 0 radical (unpaired) electrons. The number of fused-ring (bicyclic) bond motifs is 1. The Morgan fingerprint density at radius 1 is 1.35 bits per heavy atom. The van der Waals surface area contributed by atoms with E-state index in [1.165, 1.54) is 37.0 Å². The van der Waals surface area contributed by atoms with Crippen LogP contribution in [0.5, 0.6) is 0 Å². The van der Waals surface area contributed by atoms with Gasteiger partial charge in [-0.1, -0.05) is 25.7 Å². The second kappa shape index (κ2) is 6.83. The molecule has 2 aromatic rings. The van der Waals surface area contributed by atoms with Gasteiger partial charge in [0.15, 0.2) is 0 Å². The predicted octanol–water partition coefficient (Wildman–Crippen LogP) is 3.24. The molecule has 1 amide bonds. The molecule has 0 unspecified atom stereocenters. The van der Waals surface area contributed by atoms with Gasteiger partial charge in [-0.25, -0.2) is 4.98 Å². The molecule has 1 aliphatic rings. The van der Waals surface area contributed by atoms with Gasteiger partial charge < -0.3 is 5.32 Å². The Hall–Kier alpha value is -1.69. The van der Waals surface area contributed by atoms with Crippen LogP contribution in [0.15, 0.2) is 11.1 Å². The lowest BCUT2D eigenvalue weighted by Gasteiger charge is -2.15. The van der Waals surface area contributed by atoms with Crippen molar-refractivity contribution in [3.8, 4) is 0 Å². The zero-order valence-electron chi connectivity index (χ0n) is 13.7. The van der Waals surface area contributed by atoms with Gasteiger partial charge in [0.05, 0.1) is 16.6 Å². The van der Waals surface area contributed by atoms with Crippen LogP contribution in [-0.4, -0.2) is 21.5 Å². The molecule has 2 aromatic heterocycles. The fourth-order valence-corrected chi connectivity index (χ4v) is 4.32. The Morgan fingerprint density at radius 3 is 2.70 bits per heavy atom. The minimum Gasteiger partial charge on any atom is -0.349 e. The molecule has 0 aliphatic heterocycles. The van der Waals surface area contributed by atoms with Crippen molar-refractivity contribution in [1.82, 2.24) is 14.9 Å². The van der Waals surface area contributed by atoms with Crippen LogP contribution in [0.4, 0.5) is 0 Å². The van der Waals surface area contributed by atoms with Crippen molar-refractivity contribution < 1.29 is 4.79 Å². The first-order chi connectivity index (χ1) is 11.1. The Balaban J connectivity index is 1.90. The molecule has 0 saturated heterocycles. The summed E-state index contributed by atoms with van der Waals surface area (Å²) in [5, 5.41) is 3.75. The summed E-state index contributed by atoms with van der Waals surface area (Å²) in [6.45, 7) is 4.35. The SMILES string of the molecule is CCn1cnc2sc(C(=O)NC3CCCCCC3)c(C)c2c1=O. The second-order valence-electron chi connectivity index (χ2n) is 6.23. The smallest absolute Gasteiger partial charge is 0.262 e. The van der Waals surface area contributed by atoms with Gasteiger partial charge in [0.2, 0.25) is 0 Å². The minimum atomic E-state index is -0.0558. The van der Waals surface area contributed by atoms with Crippen LogP contribution < -0.4 is 10.9 Å². The van der Waals surface area contributed by atoms with Crippen LogP contribution >= 0.6 is 11.3 Å². The molecule has 23 heavy (non-hydrogen) atoms. The van der Waals surface area contributed by atoms with Gasteiger partial charge in [-0.15, -0.1) is 11.3 Å². The van der Waals surface area contributed by atoms with Crippen LogP contribution in [0, 0.1) is 6.92 Å². The standard InChI is InChI=1S/C17H23N3O2S/c1-3-20-10-18-16-13(17(20)22)11(2)14(23-16)15(21)19-12-8-6-4-5-7-9-12/h10,12H,3-9H2,1-2H3,(H,19,21). The number of rotatable bonds is 3. The maximum absolute atomic E-state index is 12.6. The lowest BCUT2D eigenvalue weighted by Crippen LogP contribution is -2.34. The van der Waals surface area contributed by atoms with Crippen LogP contribution in [0.2, 0.25) is 0 Å². The highest BCUT2D eigenvalue weighted by atomic mass is 32.1. The number of aryl methyl sites for hydroxylation is 2. The topological polar surface area (TPSA) is 64.0 Å². The third kappa shape index (κ3) is 3.17. The average molecular weight is 333 g/mol. The summed E-state index contributed by atoms with van der Waals surface area (Å²) in [5.74, 6) is -0.0557. The Kier molecular flexibility index (Phi) is 4.80. The van der Waals surface area contributed by atoms with Gasteiger partial charge in [-0.05, 0) is 32.3 Å². The summed E-state index contributed by atoms with van der Waals surface area (Å²) in [7, 11) is 0. The molecule has 0 atom stereocenters. The third-order valence-electron chi connectivity index (χ3n) is 4.65. The van der Waals surface area contributed by atoms with Gasteiger partial charge in [0.1, 0.15) is 4.83 Å². The largest absolute Gasteiger partial charge is 0.349 e. The van der Waals surface area contributed by atoms with E-state index in [-0.39, 0.29) is 17.5 Å². The van der Waals surface area contributed by atoms with Gasteiger partial charge >= 0.3 is 0 Å². The van der Waals surface area contributed by atoms with E-state index in [0.717, 1.165) is 18.4 Å². The van der Waals surface area contributed by atoms with Gasteiger partial charge in [0, 0.05) is 12.6 Å². The first kappa shape index (κ1) is 16.2. The van der Waals surface area contributed by atoms with Crippen molar-refractivity contribution in [2.45, 2.75) is 65.0 Å². The van der Waals surface area contributed by atoms with Gasteiger partial charge in [0.25, 0.3) is 11.5 Å². The van der Waals surface area contributed by atoms with E-state index >= 15 is 0 Å². The molecule has 3 rings (SSSR count). The summed E-state index contributed by atoms with van der Waals surface area (Å²) < 4.78 is 1.58. The molecule has 1 saturated carbocycles. The van der Waals surface area contributed by atoms with E-state index < -0.39 is 0 Å². The van der Waals surface area contributed by atoms with Crippen molar-refractivity contribution in [1.29, 1.82) is 0 Å². The van der Waals surface area contributed by atoms with Gasteiger partial charge in [-0.2, -0.15) is 0 Å². The number of hydrogen-bond acceptors (Lipinski definition) is 4. The van der Waals surface area contributed by atoms with Crippen molar-refractivity contribution >= 4 is 27.5 Å². The number of carbonyl (C=O) groups excluding carboxylic acids is 1. The summed E-state index contributed by atoms with van der Waals surface area (Å²) in [6.07, 6.45) is 8.54. The Bertz CT molecular complexity index is 770. The minimum absolute atomic E-state index is 0.0557. The molecular formula is C17H23N3O2S. The average Bonchev–Trinajstić information content (AvgIpc) is 2.71. The molecule has 0 spiro atoms. The van der Waals surface area contributed by atoms with E-state index in [0.29, 0.717) is 21.6 Å². The summed E-state index contributed by atoms with van der Waals surface area (Å²) in [5.41, 5.74) is 0.705. The lowest BCUT2D eigenvalue weighted by molar-refractivity contribution is 0.0937. The van der Waals surface area contributed by atoms with E-state index in [1.54, 1.807) is 10.9 Å². The Morgan fingerprint density at radius 2 is 2.04 bits per heavy atom. The molecule has 0 bridgehead atoms. The number of amides is 1. The third-order valence-corrected chi connectivity index (χ3v) is 5.85. The number of nitrogens with zero attached hydrogens (tertiary/aromatic N) is 2. The highest BCUT2D eigenvalue weighted by molar-refractivity contribution is 7.20. The number of carbonyl (C=O) groups is 1. The first-order valence-corrected chi connectivity index (χ1v) is 9.23. The maximum atomic E-state index is 12.6. The zero-order valence-corrected chi connectivity index (χ0v) is 14.5. The number of nitrogens with one attached hydrogen (secondary N) is 1. The maximum Gasteiger partial charge on any atom is 0.262 e. The molecule has 6 heteroatoms. The molecule has 124 valence electrons. The zero-order chi connectivity index (χ0) is 16.4. The molecule has 1 fully saturated rings. The van der Waals surface area contributed by atoms with Crippen LogP contribution in [0.3, 0.4) is 0 Å². The number of aromatic nitrogens is 2. The normalized spacial score (nSPS) is 16.4. The van der Waals surface area contributed by atoms with Crippen molar-refractivity contribution in [2.75, 3.05) is 0 Å². The lowest BCUT2D eigenvalue weighted by atomic mass is 10.1. The van der Waals surface area contributed by atoms with Crippen LogP contribution in [0.1, 0.15) is 60.7 Å². The monoisotopic (exact) mass is 333 g/mol. The molecule has 2 heterocycles. The van der Waals surface area contributed by atoms with E-state index in [9.17, 15) is 9.59 Å². The second-order valence-corrected chi connectivity index (χ2v) is 7.23. The molecule has 1 N–H and O–H groups in total. The summed E-state index contributed by atoms with van der Waals surface area (Å²) in [4.78, 5) is 30.7. The van der Waals surface area contributed by atoms with Gasteiger partial charge in [-0.3, -0.25) is 14.2 Å². The molecular weight excluding hydrogens is 310 g/mol. The van der Waals surface area contributed by atoms with Crippen LogP contribution in [0.25, 0.3) is 10.2 Å². The molecule has 5 nitrogen and oxygen atoms in total. The molecule has 1 aliphatic carbocycles. The number of thiophene rings is 1. The fraction of sp³-hybridized carbons (Fsp3) is 0.588. The highest BCUT2D eigenvalue weighted by Crippen LogP contribution is 2.27. The first-order valence-electron chi connectivity index (χ1n) is 8.41. The molecule has 0 aromatic carbocycles. The van der Waals surface area contributed by atoms with Crippen LogP contribution in [-0.2, 0) is 6.54 Å². The highest BCUT2D eigenvalue weighted by Gasteiger charge is 2.22. The van der Waals surface area contributed by atoms with E-state index in [4.69, 9.17) is 0 Å². The predicted molar refractivity (Wildman–Crippen MR) is 93.2 cm³/mol. The quantitative estimate of drug-likeness (QED) is 0.877. The Labute approximate surface area is 139 Å². The fourth-order valence-electron chi connectivity index (χ4n) is 3.28. The van der Waals surface area contributed by atoms with Crippen molar-refractivity contribution in [3.05, 3.63) is 27.1 Å². The summed E-state index contributed by atoms with van der Waals surface area (Å²) in [6, 6.07) is 0.259. The van der Waals surface area contributed by atoms with E-state index in [2.05, 4.69) is 10.3 Å².